The van der Waals surface area contributed by atoms with Gasteiger partial charge in [-0.05, 0) is 36.4 Å². The molecule has 124 valence electrons. The summed E-state index contributed by atoms with van der Waals surface area (Å²) in [5.74, 6) is -1.17. The molecule has 7 nitrogen and oxygen atoms in total. The molecule has 0 bridgehead atoms. The normalized spacial score (nSPS) is 15.8. The Kier molecular flexibility index (Phi) is 3.69. The number of carbonyl (C=O) groups excluding carboxylic acids is 1. The van der Waals surface area contributed by atoms with Crippen molar-refractivity contribution in [2.24, 2.45) is 0 Å². The first-order chi connectivity index (χ1) is 11.3. The molecule has 3 N–H and O–H groups in total. The van der Waals surface area contributed by atoms with Crippen molar-refractivity contribution in [1.82, 2.24) is 4.31 Å². The zero-order valence-electron chi connectivity index (χ0n) is 12.6. The summed E-state index contributed by atoms with van der Waals surface area (Å²) >= 11 is 0. The van der Waals surface area contributed by atoms with Crippen molar-refractivity contribution in [3.05, 3.63) is 59.8 Å². The van der Waals surface area contributed by atoms with Gasteiger partial charge in [0.25, 0.3) is 15.9 Å². The number of aliphatic hydroxyl groups is 1. The number of phenols is 1. The van der Waals surface area contributed by atoms with E-state index in [0.717, 1.165) is 4.31 Å². The standard InChI is InChI=1S/C16H14N2O5S/c1-18-14(16(21)17-10-6-8-11(19)9-7-10)15(20)12-4-2-3-5-13(12)24(18,22)23/h2-9,19-20H,1H3,(H,17,21). The average molecular weight is 346 g/mol. The Morgan fingerprint density at radius 3 is 2.33 bits per heavy atom. The lowest BCUT2D eigenvalue weighted by atomic mass is 10.1. The number of likely N-dealkylation sites (N-methyl/N-ethyl adjacent to an activating group) is 1. The molecule has 0 atom stereocenters. The number of nitrogens with one attached hydrogen (secondary N) is 1. The number of nitrogens with zero attached hydrogens (tertiary/aromatic N) is 1. The quantitative estimate of drug-likeness (QED) is 0.720. The van der Waals surface area contributed by atoms with Crippen LogP contribution in [0.25, 0.3) is 5.76 Å². The van der Waals surface area contributed by atoms with E-state index in [-0.39, 0.29) is 21.9 Å². The molecule has 3 rings (SSSR count). The van der Waals surface area contributed by atoms with Gasteiger partial charge in [-0.1, -0.05) is 12.1 Å². The summed E-state index contributed by atoms with van der Waals surface area (Å²) in [6.07, 6.45) is 0. The van der Waals surface area contributed by atoms with Gasteiger partial charge in [0.2, 0.25) is 0 Å². The first-order valence-corrected chi connectivity index (χ1v) is 8.38. The van der Waals surface area contributed by atoms with E-state index in [1.165, 1.54) is 43.4 Å². The van der Waals surface area contributed by atoms with Crippen LogP contribution in [0.15, 0.2) is 59.1 Å². The van der Waals surface area contributed by atoms with Crippen LogP contribution in [0.3, 0.4) is 0 Å². The molecule has 0 aromatic heterocycles. The predicted molar refractivity (Wildman–Crippen MR) is 87.7 cm³/mol. The van der Waals surface area contributed by atoms with E-state index < -0.39 is 21.7 Å². The fraction of sp³-hybridized carbons (Fsp3) is 0.0625. The van der Waals surface area contributed by atoms with Gasteiger partial charge in [0.1, 0.15) is 5.75 Å². The second-order valence-corrected chi connectivity index (χ2v) is 7.10. The van der Waals surface area contributed by atoms with Crippen LogP contribution in [0.2, 0.25) is 0 Å². The Balaban J connectivity index is 2.06. The van der Waals surface area contributed by atoms with Crippen LogP contribution in [0.1, 0.15) is 5.56 Å². The largest absolute Gasteiger partial charge is 0.508 e. The molecular weight excluding hydrogens is 332 g/mol. The summed E-state index contributed by atoms with van der Waals surface area (Å²) < 4.78 is 25.8. The summed E-state index contributed by atoms with van der Waals surface area (Å²) in [5, 5.41) is 22.1. The van der Waals surface area contributed by atoms with Crippen molar-refractivity contribution in [2.75, 3.05) is 12.4 Å². The number of hydrogen-bond acceptors (Lipinski definition) is 5. The van der Waals surface area contributed by atoms with Crippen LogP contribution in [0.4, 0.5) is 5.69 Å². The molecular formula is C16H14N2O5S. The van der Waals surface area contributed by atoms with Gasteiger partial charge in [0.05, 0.1) is 4.90 Å². The van der Waals surface area contributed by atoms with Gasteiger partial charge in [-0.15, -0.1) is 0 Å². The molecule has 1 aliphatic heterocycles. The molecule has 1 heterocycles. The molecule has 1 amide bonds. The number of amides is 1. The smallest absolute Gasteiger partial charge is 0.276 e. The molecule has 2 aromatic rings. The van der Waals surface area contributed by atoms with Crippen LogP contribution in [0.5, 0.6) is 5.75 Å². The fourth-order valence-corrected chi connectivity index (χ4v) is 3.82. The minimum Gasteiger partial charge on any atom is -0.508 e. The maximum absolute atomic E-state index is 12.5. The Morgan fingerprint density at radius 2 is 1.67 bits per heavy atom. The number of fused-ring (bicyclic) bond motifs is 1. The maximum atomic E-state index is 12.5. The molecule has 0 aliphatic carbocycles. The third kappa shape index (κ3) is 2.46. The summed E-state index contributed by atoms with van der Waals surface area (Å²) in [6.45, 7) is 0. The second-order valence-electron chi connectivity index (χ2n) is 5.17. The van der Waals surface area contributed by atoms with Crippen LogP contribution in [0, 0.1) is 0 Å². The molecule has 0 fully saturated rings. The topological polar surface area (TPSA) is 107 Å². The molecule has 24 heavy (non-hydrogen) atoms. The SMILES string of the molecule is CN1C(C(=O)Nc2ccc(O)cc2)=C(O)c2ccccc2S1(=O)=O. The number of aromatic hydroxyl groups is 1. The minimum absolute atomic E-state index is 0.0290. The van der Waals surface area contributed by atoms with Gasteiger partial charge in [-0.2, -0.15) is 0 Å². The number of sulfonamides is 1. The third-order valence-corrected chi connectivity index (χ3v) is 5.48. The van der Waals surface area contributed by atoms with Crippen molar-refractivity contribution < 1.29 is 23.4 Å². The second kappa shape index (κ2) is 5.57. The van der Waals surface area contributed by atoms with Crippen LogP contribution < -0.4 is 5.32 Å². The van der Waals surface area contributed by atoms with Crippen molar-refractivity contribution >= 4 is 27.4 Å². The Bertz CT molecular complexity index is 949. The van der Waals surface area contributed by atoms with E-state index in [0.29, 0.717) is 5.69 Å². The summed E-state index contributed by atoms with van der Waals surface area (Å²) in [7, 11) is -2.73. The van der Waals surface area contributed by atoms with E-state index in [1.54, 1.807) is 12.1 Å². The number of carbonyl (C=O) groups is 1. The molecule has 0 unspecified atom stereocenters. The maximum Gasteiger partial charge on any atom is 0.276 e. The first-order valence-electron chi connectivity index (χ1n) is 6.94. The van der Waals surface area contributed by atoms with Gasteiger partial charge in [-0.25, -0.2) is 8.42 Å². The van der Waals surface area contributed by atoms with Crippen molar-refractivity contribution in [3.63, 3.8) is 0 Å². The zero-order valence-corrected chi connectivity index (χ0v) is 13.4. The molecule has 1 aliphatic rings. The molecule has 0 spiro atoms. The van der Waals surface area contributed by atoms with E-state index >= 15 is 0 Å². The van der Waals surface area contributed by atoms with Gasteiger partial charge < -0.3 is 15.5 Å². The van der Waals surface area contributed by atoms with E-state index in [4.69, 9.17) is 0 Å². The number of anilines is 1. The number of phenolic OH excluding ortho intramolecular Hbond substituents is 1. The van der Waals surface area contributed by atoms with E-state index in [9.17, 15) is 23.4 Å². The van der Waals surface area contributed by atoms with Crippen LogP contribution in [-0.2, 0) is 14.8 Å². The fourth-order valence-electron chi connectivity index (χ4n) is 2.42. The molecule has 2 aromatic carbocycles. The van der Waals surface area contributed by atoms with E-state index in [1.807, 2.05) is 0 Å². The number of aliphatic hydroxyl groups excluding tert-OH is 1. The lowest BCUT2D eigenvalue weighted by Crippen LogP contribution is -2.37. The highest BCUT2D eigenvalue weighted by Crippen LogP contribution is 2.34. The summed E-state index contributed by atoms with van der Waals surface area (Å²) in [5.41, 5.74) is 0.0518. The Labute approximate surface area is 138 Å². The van der Waals surface area contributed by atoms with Crippen LogP contribution >= 0.6 is 0 Å². The van der Waals surface area contributed by atoms with Gasteiger partial charge in [0, 0.05) is 18.3 Å². The van der Waals surface area contributed by atoms with Crippen molar-refractivity contribution in [1.29, 1.82) is 0 Å². The molecule has 0 saturated carbocycles. The number of benzene rings is 2. The van der Waals surface area contributed by atoms with Gasteiger partial charge in [-0.3, -0.25) is 9.10 Å². The van der Waals surface area contributed by atoms with Gasteiger partial charge in [0.15, 0.2) is 11.5 Å². The lowest BCUT2D eigenvalue weighted by molar-refractivity contribution is -0.113. The number of hydrogen-bond donors (Lipinski definition) is 3. The minimum atomic E-state index is -3.93. The lowest BCUT2D eigenvalue weighted by Gasteiger charge is -2.28. The predicted octanol–water partition coefficient (Wildman–Crippen LogP) is 1.89. The van der Waals surface area contributed by atoms with E-state index in [2.05, 4.69) is 5.32 Å². The van der Waals surface area contributed by atoms with Crippen molar-refractivity contribution in [3.8, 4) is 5.75 Å². The highest BCUT2D eigenvalue weighted by atomic mass is 32.2. The molecule has 8 heteroatoms. The zero-order chi connectivity index (χ0) is 17.5. The Morgan fingerprint density at radius 1 is 1.04 bits per heavy atom. The summed E-state index contributed by atoms with van der Waals surface area (Å²) in [6, 6.07) is 11.6. The first kappa shape index (κ1) is 15.9. The highest BCUT2D eigenvalue weighted by Gasteiger charge is 2.37. The molecule has 0 radical (unpaired) electrons. The molecule has 0 saturated heterocycles. The summed E-state index contributed by atoms with van der Waals surface area (Å²) in [4.78, 5) is 12.4. The monoisotopic (exact) mass is 346 g/mol. The Hall–Kier alpha value is -3.00. The van der Waals surface area contributed by atoms with Gasteiger partial charge >= 0.3 is 0 Å². The highest BCUT2D eigenvalue weighted by molar-refractivity contribution is 7.89. The van der Waals surface area contributed by atoms with Crippen LogP contribution in [-0.4, -0.2) is 35.9 Å². The average Bonchev–Trinajstić information content (AvgIpc) is 2.56. The van der Waals surface area contributed by atoms with Crippen molar-refractivity contribution in [2.45, 2.75) is 4.90 Å². The number of rotatable bonds is 2. The third-order valence-electron chi connectivity index (χ3n) is 3.66.